The highest BCUT2D eigenvalue weighted by Crippen LogP contribution is 2.06. The lowest BCUT2D eigenvalue weighted by molar-refractivity contribution is -0.142. The molecule has 1 rings (SSSR count). The van der Waals surface area contributed by atoms with Gasteiger partial charge in [0.05, 0.1) is 12.1 Å². The summed E-state index contributed by atoms with van der Waals surface area (Å²) in [5.74, 6) is -0.398. The first kappa shape index (κ1) is 12.3. The summed E-state index contributed by atoms with van der Waals surface area (Å²) in [6.07, 6.45) is 2.13. The van der Waals surface area contributed by atoms with E-state index < -0.39 is 12.0 Å². The van der Waals surface area contributed by atoms with Crippen molar-refractivity contribution in [3.05, 3.63) is 16.6 Å². The molecule has 0 saturated carbocycles. The largest absolute Gasteiger partial charge is 0.468 e. The van der Waals surface area contributed by atoms with Crippen molar-refractivity contribution in [2.45, 2.75) is 12.5 Å². The van der Waals surface area contributed by atoms with Gasteiger partial charge in [0, 0.05) is 18.0 Å². The summed E-state index contributed by atoms with van der Waals surface area (Å²) in [5, 5.41) is 2.70. The van der Waals surface area contributed by atoms with Gasteiger partial charge in [-0.2, -0.15) is 0 Å². The Morgan fingerprint density at radius 1 is 1.85 bits per heavy atom. The Balaban J connectivity index is 0.00000144. The fraction of sp³-hybridized carbons (Fsp3) is 0.429. The number of aromatic nitrogens is 1. The van der Waals surface area contributed by atoms with E-state index in [-0.39, 0.29) is 12.4 Å². The third-order valence-corrected chi connectivity index (χ3v) is 2.18. The zero-order valence-corrected chi connectivity index (χ0v) is 8.73. The van der Waals surface area contributed by atoms with E-state index in [9.17, 15) is 4.79 Å². The summed E-state index contributed by atoms with van der Waals surface area (Å²) < 4.78 is 4.47. The van der Waals surface area contributed by atoms with Crippen LogP contribution in [0.25, 0.3) is 0 Å². The number of halogens is 1. The first-order valence-corrected chi connectivity index (χ1v) is 4.33. The first-order chi connectivity index (χ1) is 5.74. The number of carbonyl (C=O) groups is 1. The minimum absolute atomic E-state index is 0. The number of nitrogens with zero attached hydrogens (tertiary/aromatic N) is 1. The second-order valence-electron chi connectivity index (χ2n) is 2.26. The van der Waals surface area contributed by atoms with Gasteiger partial charge in [-0.05, 0) is 0 Å². The molecular formula is C7H11ClN2O2S. The number of ether oxygens (including phenoxy) is 1. The Hall–Kier alpha value is -0.650. The Bertz CT molecular complexity index is 253. The summed E-state index contributed by atoms with van der Waals surface area (Å²) in [6, 6.07) is -0.596. The van der Waals surface area contributed by atoms with E-state index in [0.717, 1.165) is 5.01 Å². The van der Waals surface area contributed by atoms with Gasteiger partial charge in [0.1, 0.15) is 6.04 Å². The molecule has 0 saturated heterocycles. The minimum atomic E-state index is -0.596. The summed E-state index contributed by atoms with van der Waals surface area (Å²) >= 11 is 1.48. The van der Waals surface area contributed by atoms with Gasteiger partial charge in [-0.15, -0.1) is 23.7 Å². The molecule has 1 aromatic rings. The molecule has 0 aliphatic heterocycles. The molecule has 2 N–H and O–H groups in total. The maximum absolute atomic E-state index is 10.9. The molecule has 1 aromatic heterocycles. The standard InChI is InChI=1S/C7H10N2O2S.ClH/c1-11-7(10)5(8)4-6-9-2-3-12-6;/h2-3,5H,4,8H2,1H3;1H. The van der Waals surface area contributed by atoms with Crippen LogP contribution in [0.1, 0.15) is 5.01 Å². The lowest BCUT2D eigenvalue weighted by Crippen LogP contribution is -2.33. The van der Waals surface area contributed by atoms with Gasteiger partial charge < -0.3 is 10.5 Å². The highest BCUT2D eigenvalue weighted by atomic mass is 35.5. The van der Waals surface area contributed by atoms with Crippen molar-refractivity contribution in [2.24, 2.45) is 5.73 Å². The molecule has 13 heavy (non-hydrogen) atoms. The van der Waals surface area contributed by atoms with Crippen LogP contribution in [-0.4, -0.2) is 24.1 Å². The van der Waals surface area contributed by atoms with Gasteiger partial charge in [0.15, 0.2) is 0 Å². The van der Waals surface area contributed by atoms with Crippen molar-refractivity contribution in [1.82, 2.24) is 4.98 Å². The molecule has 0 bridgehead atoms. The molecule has 6 heteroatoms. The lowest BCUT2D eigenvalue weighted by Gasteiger charge is -2.05. The molecule has 1 heterocycles. The van der Waals surface area contributed by atoms with Gasteiger partial charge >= 0.3 is 5.97 Å². The maximum Gasteiger partial charge on any atom is 0.323 e. The quantitative estimate of drug-likeness (QED) is 0.761. The number of nitrogens with two attached hydrogens (primary N) is 1. The van der Waals surface area contributed by atoms with Crippen LogP contribution in [0, 0.1) is 0 Å². The van der Waals surface area contributed by atoms with E-state index in [1.165, 1.54) is 18.4 Å². The Morgan fingerprint density at radius 2 is 2.54 bits per heavy atom. The first-order valence-electron chi connectivity index (χ1n) is 3.46. The van der Waals surface area contributed by atoms with E-state index in [1.54, 1.807) is 6.20 Å². The van der Waals surface area contributed by atoms with Crippen LogP contribution >= 0.6 is 23.7 Å². The van der Waals surface area contributed by atoms with Gasteiger partial charge in [-0.25, -0.2) is 4.98 Å². The van der Waals surface area contributed by atoms with Crippen LogP contribution in [0.2, 0.25) is 0 Å². The molecule has 0 spiro atoms. The summed E-state index contributed by atoms with van der Waals surface area (Å²) in [6.45, 7) is 0. The Labute approximate surface area is 86.5 Å². The lowest BCUT2D eigenvalue weighted by atomic mass is 10.2. The Kier molecular flexibility index (Phi) is 5.61. The average molecular weight is 223 g/mol. The zero-order chi connectivity index (χ0) is 8.97. The van der Waals surface area contributed by atoms with Crippen LogP contribution in [0.5, 0.6) is 0 Å². The predicted molar refractivity (Wildman–Crippen MR) is 53.1 cm³/mol. The number of methoxy groups -OCH3 is 1. The van der Waals surface area contributed by atoms with Crippen LogP contribution in [0.3, 0.4) is 0 Å². The fourth-order valence-corrected chi connectivity index (χ4v) is 1.45. The van der Waals surface area contributed by atoms with Crippen LogP contribution < -0.4 is 5.73 Å². The minimum Gasteiger partial charge on any atom is -0.468 e. The molecule has 1 unspecified atom stereocenters. The molecule has 0 radical (unpaired) electrons. The fourth-order valence-electron chi connectivity index (χ4n) is 0.777. The third-order valence-electron chi connectivity index (χ3n) is 1.38. The van der Waals surface area contributed by atoms with Crippen LogP contribution in [0.4, 0.5) is 0 Å². The van der Waals surface area contributed by atoms with Crippen LogP contribution in [-0.2, 0) is 16.0 Å². The van der Waals surface area contributed by atoms with E-state index >= 15 is 0 Å². The number of rotatable bonds is 3. The van der Waals surface area contributed by atoms with Crippen molar-refractivity contribution in [3.63, 3.8) is 0 Å². The number of hydrogen-bond acceptors (Lipinski definition) is 5. The topological polar surface area (TPSA) is 65.2 Å². The predicted octanol–water partition coefficient (Wildman–Crippen LogP) is 0.608. The molecule has 1 atom stereocenters. The number of carbonyl (C=O) groups excluding carboxylic acids is 1. The molecular weight excluding hydrogens is 212 g/mol. The van der Waals surface area contributed by atoms with Crippen molar-refractivity contribution < 1.29 is 9.53 Å². The van der Waals surface area contributed by atoms with E-state index in [2.05, 4.69) is 9.72 Å². The second kappa shape index (κ2) is 5.90. The highest BCUT2D eigenvalue weighted by molar-refractivity contribution is 7.09. The van der Waals surface area contributed by atoms with Gasteiger partial charge in [-0.3, -0.25) is 4.79 Å². The second-order valence-corrected chi connectivity index (χ2v) is 3.24. The Morgan fingerprint density at radius 3 is 3.00 bits per heavy atom. The van der Waals surface area contributed by atoms with Crippen molar-refractivity contribution in [1.29, 1.82) is 0 Å². The van der Waals surface area contributed by atoms with Crippen molar-refractivity contribution >= 4 is 29.7 Å². The number of esters is 1. The normalized spacial score (nSPS) is 11.5. The molecule has 74 valence electrons. The average Bonchev–Trinajstić information content (AvgIpc) is 2.55. The van der Waals surface area contributed by atoms with E-state index in [4.69, 9.17) is 5.73 Å². The SMILES string of the molecule is COC(=O)C(N)Cc1nccs1.Cl. The summed E-state index contributed by atoms with van der Waals surface area (Å²) in [4.78, 5) is 14.9. The molecule has 0 aliphatic rings. The van der Waals surface area contributed by atoms with E-state index in [0.29, 0.717) is 6.42 Å². The smallest absolute Gasteiger partial charge is 0.323 e. The maximum atomic E-state index is 10.9. The van der Waals surface area contributed by atoms with Gasteiger partial charge in [-0.1, -0.05) is 0 Å². The molecule has 0 aromatic carbocycles. The van der Waals surface area contributed by atoms with Crippen LogP contribution in [0.15, 0.2) is 11.6 Å². The third kappa shape index (κ3) is 3.71. The molecule has 0 fully saturated rings. The van der Waals surface area contributed by atoms with Crippen molar-refractivity contribution in [3.8, 4) is 0 Å². The van der Waals surface area contributed by atoms with Crippen molar-refractivity contribution in [2.75, 3.05) is 7.11 Å². The molecule has 0 aliphatic carbocycles. The monoisotopic (exact) mass is 222 g/mol. The molecule has 4 nitrogen and oxygen atoms in total. The van der Waals surface area contributed by atoms with E-state index in [1.807, 2.05) is 5.38 Å². The number of thiazole rings is 1. The zero-order valence-electron chi connectivity index (χ0n) is 7.10. The van der Waals surface area contributed by atoms with Gasteiger partial charge in [0.25, 0.3) is 0 Å². The molecule has 0 amide bonds. The number of hydrogen-bond donors (Lipinski definition) is 1. The summed E-state index contributed by atoms with van der Waals surface area (Å²) in [5.41, 5.74) is 5.51. The highest BCUT2D eigenvalue weighted by Gasteiger charge is 2.14. The van der Waals surface area contributed by atoms with Gasteiger partial charge in [0.2, 0.25) is 0 Å². The summed E-state index contributed by atoms with van der Waals surface area (Å²) in [7, 11) is 1.32.